The highest BCUT2D eigenvalue weighted by Crippen LogP contribution is 2.25. The molecule has 3 heteroatoms. The summed E-state index contributed by atoms with van der Waals surface area (Å²) in [5.41, 5.74) is 6.25. The number of alkyl halides is 1. The van der Waals surface area contributed by atoms with Crippen molar-refractivity contribution in [1.82, 2.24) is 0 Å². The molecule has 0 saturated heterocycles. The standard InChI is InChI=1S/C9H13F2N/c10-8-4-3-7(2-1-5-12)6-9(8)11/h3-4,9H,1-2,5-6,12H2. The summed E-state index contributed by atoms with van der Waals surface area (Å²) in [6.07, 6.45) is 3.25. The first-order chi connectivity index (χ1) is 5.74. The Morgan fingerprint density at radius 3 is 2.83 bits per heavy atom. The van der Waals surface area contributed by atoms with Crippen molar-refractivity contribution in [3.8, 4) is 0 Å². The van der Waals surface area contributed by atoms with E-state index in [9.17, 15) is 8.78 Å². The topological polar surface area (TPSA) is 26.0 Å². The summed E-state index contributed by atoms with van der Waals surface area (Å²) in [7, 11) is 0. The van der Waals surface area contributed by atoms with E-state index in [0.29, 0.717) is 6.54 Å². The number of nitrogens with two attached hydrogens (primary N) is 1. The smallest absolute Gasteiger partial charge is 0.155 e. The Balaban J connectivity index is 2.46. The third kappa shape index (κ3) is 2.41. The second-order valence-corrected chi connectivity index (χ2v) is 2.94. The normalized spacial score (nSPS) is 23.4. The van der Waals surface area contributed by atoms with Crippen molar-refractivity contribution in [2.45, 2.75) is 25.4 Å². The molecular weight excluding hydrogens is 160 g/mol. The Hall–Kier alpha value is -0.700. The van der Waals surface area contributed by atoms with Crippen LogP contribution in [0.15, 0.2) is 23.6 Å². The molecule has 0 amide bonds. The number of allylic oxidation sites excluding steroid dienone is 4. The number of halogens is 2. The number of hydrogen-bond donors (Lipinski definition) is 1. The second kappa shape index (κ2) is 4.36. The first-order valence-electron chi connectivity index (χ1n) is 4.13. The van der Waals surface area contributed by atoms with Gasteiger partial charge in [-0.25, -0.2) is 8.78 Å². The Morgan fingerprint density at radius 2 is 2.25 bits per heavy atom. The lowest BCUT2D eigenvalue weighted by atomic mass is 9.99. The zero-order chi connectivity index (χ0) is 8.97. The molecular formula is C9H13F2N. The van der Waals surface area contributed by atoms with Gasteiger partial charge in [0.1, 0.15) is 5.83 Å². The van der Waals surface area contributed by atoms with Crippen LogP contribution < -0.4 is 5.73 Å². The van der Waals surface area contributed by atoms with Crippen LogP contribution in [-0.4, -0.2) is 12.7 Å². The molecule has 1 atom stereocenters. The van der Waals surface area contributed by atoms with E-state index in [1.165, 1.54) is 6.08 Å². The van der Waals surface area contributed by atoms with E-state index < -0.39 is 12.0 Å². The van der Waals surface area contributed by atoms with E-state index in [-0.39, 0.29) is 6.42 Å². The fraction of sp³-hybridized carbons (Fsp3) is 0.556. The molecule has 0 saturated carbocycles. The van der Waals surface area contributed by atoms with Crippen molar-refractivity contribution >= 4 is 0 Å². The van der Waals surface area contributed by atoms with Crippen molar-refractivity contribution in [3.05, 3.63) is 23.6 Å². The SMILES string of the molecule is NCCCC1=CC=C(F)C(F)C1. The minimum Gasteiger partial charge on any atom is -0.330 e. The maximum absolute atomic E-state index is 12.7. The molecule has 0 fully saturated rings. The molecule has 0 bridgehead atoms. The van der Waals surface area contributed by atoms with Gasteiger partial charge in [0.15, 0.2) is 6.17 Å². The first-order valence-corrected chi connectivity index (χ1v) is 4.13. The van der Waals surface area contributed by atoms with Crippen molar-refractivity contribution < 1.29 is 8.78 Å². The Morgan fingerprint density at radius 1 is 1.50 bits per heavy atom. The number of rotatable bonds is 3. The summed E-state index contributed by atoms with van der Waals surface area (Å²) in [6, 6.07) is 0. The molecule has 0 aromatic heterocycles. The summed E-state index contributed by atoms with van der Waals surface area (Å²) in [5, 5.41) is 0. The monoisotopic (exact) mass is 173 g/mol. The van der Waals surface area contributed by atoms with Gasteiger partial charge < -0.3 is 5.73 Å². The van der Waals surface area contributed by atoms with Crippen molar-refractivity contribution in [2.24, 2.45) is 5.73 Å². The maximum Gasteiger partial charge on any atom is 0.155 e. The van der Waals surface area contributed by atoms with Crippen LogP contribution in [0.25, 0.3) is 0 Å². The predicted octanol–water partition coefficient (Wildman–Crippen LogP) is 2.25. The molecule has 0 spiro atoms. The molecule has 0 aliphatic heterocycles. The predicted molar refractivity (Wildman–Crippen MR) is 45.1 cm³/mol. The van der Waals surface area contributed by atoms with E-state index >= 15 is 0 Å². The minimum atomic E-state index is -1.43. The van der Waals surface area contributed by atoms with Crippen LogP contribution in [-0.2, 0) is 0 Å². The highest BCUT2D eigenvalue weighted by Gasteiger charge is 2.17. The molecule has 1 aliphatic carbocycles. The summed E-state index contributed by atoms with van der Waals surface area (Å²) in [6.45, 7) is 0.598. The minimum absolute atomic E-state index is 0.197. The van der Waals surface area contributed by atoms with Gasteiger partial charge in [-0.15, -0.1) is 0 Å². The zero-order valence-corrected chi connectivity index (χ0v) is 6.89. The Bertz CT molecular complexity index is 209. The van der Waals surface area contributed by atoms with Gasteiger partial charge in [-0.05, 0) is 25.5 Å². The van der Waals surface area contributed by atoms with Gasteiger partial charge in [-0.3, -0.25) is 0 Å². The van der Waals surface area contributed by atoms with Crippen LogP contribution in [0, 0.1) is 0 Å². The van der Waals surface area contributed by atoms with Crippen molar-refractivity contribution in [3.63, 3.8) is 0 Å². The second-order valence-electron chi connectivity index (χ2n) is 2.94. The average Bonchev–Trinajstić information content (AvgIpc) is 2.07. The lowest BCUT2D eigenvalue weighted by Gasteiger charge is -2.13. The van der Waals surface area contributed by atoms with E-state index in [4.69, 9.17) is 5.73 Å². The quantitative estimate of drug-likeness (QED) is 0.696. The molecule has 1 nitrogen and oxygen atoms in total. The maximum atomic E-state index is 12.7. The molecule has 0 heterocycles. The van der Waals surface area contributed by atoms with Crippen LogP contribution in [0.3, 0.4) is 0 Å². The van der Waals surface area contributed by atoms with Crippen LogP contribution >= 0.6 is 0 Å². The summed E-state index contributed by atoms with van der Waals surface area (Å²) in [4.78, 5) is 0. The molecule has 68 valence electrons. The largest absolute Gasteiger partial charge is 0.330 e. The molecule has 0 radical (unpaired) electrons. The fourth-order valence-corrected chi connectivity index (χ4v) is 1.21. The van der Waals surface area contributed by atoms with Gasteiger partial charge in [-0.1, -0.05) is 11.6 Å². The molecule has 1 rings (SSSR count). The molecule has 12 heavy (non-hydrogen) atoms. The highest BCUT2D eigenvalue weighted by atomic mass is 19.2. The van der Waals surface area contributed by atoms with Crippen molar-refractivity contribution in [1.29, 1.82) is 0 Å². The van der Waals surface area contributed by atoms with E-state index in [1.807, 2.05) is 0 Å². The van der Waals surface area contributed by atoms with Gasteiger partial charge in [0, 0.05) is 6.42 Å². The summed E-state index contributed by atoms with van der Waals surface area (Å²) in [5.74, 6) is -0.661. The zero-order valence-electron chi connectivity index (χ0n) is 6.89. The molecule has 1 aliphatic rings. The van der Waals surface area contributed by atoms with Crippen molar-refractivity contribution in [2.75, 3.05) is 6.54 Å². The van der Waals surface area contributed by atoms with Gasteiger partial charge in [0.25, 0.3) is 0 Å². The Kier molecular flexibility index (Phi) is 3.41. The van der Waals surface area contributed by atoms with Gasteiger partial charge >= 0.3 is 0 Å². The van der Waals surface area contributed by atoms with Gasteiger partial charge in [0.2, 0.25) is 0 Å². The van der Waals surface area contributed by atoms with E-state index in [0.717, 1.165) is 18.4 Å². The first kappa shape index (κ1) is 9.39. The van der Waals surface area contributed by atoms with Crippen LogP contribution in [0.4, 0.5) is 8.78 Å². The number of hydrogen-bond acceptors (Lipinski definition) is 1. The third-order valence-corrected chi connectivity index (χ3v) is 1.92. The van der Waals surface area contributed by atoms with Crippen LogP contribution in [0.1, 0.15) is 19.3 Å². The lowest BCUT2D eigenvalue weighted by Crippen LogP contribution is -2.08. The molecule has 2 N–H and O–H groups in total. The fourth-order valence-electron chi connectivity index (χ4n) is 1.21. The summed E-state index contributed by atoms with van der Waals surface area (Å²) >= 11 is 0. The van der Waals surface area contributed by atoms with E-state index in [1.54, 1.807) is 6.08 Å². The van der Waals surface area contributed by atoms with Gasteiger partial charge in [-0.2, -0.15) is 0 Å². The lowest BCUT2D eigenvalue weighted by molar-refractivity contribution is 0.318. The average molecular weight is 173 g/mol. The summed E-state index contributed by atoms with van der Waals surface area (Å²) < 4.78 is 25.2. The molecule has 0 aromatic carbocycles. The molecule has 0 aromatic rings. The molecule has 1 unspecified atom stereocenters. The van der Waals surface area contributed by atoms with Crippen LogP contribution in [0.5, 0.6) is 0 Å². The third-order valence-electron chi connectivity index (χ3n) is 1.92. The van der Waals surface area contributed by atoms with E-state index in [2.05, 4.69) is 0 Å². The van der Waals surface area contributed by atoms with Crippen LogP contribution in [0.2, 0.25) is 0 Å². The highest BCUT2D eigenvalue weighted by molar-refractivity contribution is 5.24. The Labute approximate surface area is 70.9 Å². The van der Waals surface area contributed by atoms with Gasteiger partial charge in [0.05, 0.1) is 0 Å².